The van der Waals surface area contributed by atoms with Crippen LogP contribution in [0.4, 0.5) is 5.69 Å². The van der Waals surface area contributed by atoms with E-state index < -0.39 is 17.5 Å². The van der Waals surface area contributed by atoms with E-state index in [2.05, 4.69) is 0 Å². The molecule has 3 N–H and O–H groups in total. The highest BCUT2D eigenvalue weighted by Crippen LogP contribution is 2.41. The minimum absolute atomic E-state index is 0.0396. The van der Waals surface area contributed by atoms with Gasteiger partial charge in [-0.1, -0.05) is 12.1 Å². The number of carbonyl (C=O) groups is 1. The van der Waals surface area contributed by atoms with Gasteiger partial charge in [0.05, 0.1) is 24.3 Å². The van der Waals surface area contributed by atoms with Crippen LogP contribution in [0.5, 0.6) is 5.75 Å². The minimum atomic E-state index is -0.997. The van der Waals surface area contributed by atoms with E-state index in [9.17, 15) is 14.8 Å². The molecule has 0 saturated heterocycles. The summed E-state index contributed by atoms with van der Waals surface area (Å²) in [6, 6.07) is 7.21. The monoisotopic (exact) mass is 359 g/mol. The van der Waals surface area contributed by atoms with Gasteiger partial charge in [0.2, 0.25) is 5.88 Å². The molecule has 3 rings (SSSR count). The number of hydrogen-bond acceptors (Lipinski definition) is 9. The number of fused-ring (bicyclic) bond motifs is 1. The van der Waals surface area contributed by atoms with Crippen LogP contribution in [0, 0.1) is 12.1 Å². The summed E-state index contributed by atoms with van der Waals surface area (Å²) in [4.78, 5) is 24.7. The van der Waals surface area contributed by atoms with Crippen LogP contribution in [0.1, 0.15) is 22.8 Å². The largest absolute Gasteiger partial charge is 0.733 e. The Morgan fingerprint density at radius 2 is 2.12 bits per heavy atom. The van der Waals surface area contributed by atoms with Crippen molar-refractivity contribution in [3.8, 4) is 5.75 Å². The first-order chi connectivity index (χ1) is 12.3. The molecule has 9 heteroatoms. The molecule has 0 radical (unpaired) electrons. The van der Waals surface area contributed by atoms with Crippen LogP contribution in [-0.4, -0.2) is 18.3 Å². The van der Waals surface area contributed by atoms with Gasteiger partial charge in [0, 0.05) is 6.07 Å². The van der Waals surface area contributed by atoms with E-state index in [-0.39, 0.29) is 33.7 Å². The van der Waals surface area contributed by atoms with Gasteiger partial charge in [-0.15, -0.1) is 0 Å². The standard InChI is InChI=1S/C17H15N2O7/c1-8-6-11-13(17(21)25-8)12(14(15(18)26-11)16(20)24-2)9-4-3-5-10(7-9)19(22)23/h3-7,12,22H,18H2,1-2H3/q-1/t12-/m0/s1. The number of carbonyl (C=O) groups excluding carboxylic acids is 1. The van der Waals surface area contributed by atoms with E-state index in [1.807, 2.05) is 0 Å². The molecular weight excluding hydrogens is 344 g/mol. The van der Waals surface area contributed by atoms with Gasteiger partial charge in [0.1, 0.15) is 17.1 Å². The SMILES string of the molecule is COC(=O)C1=C(N)Oc2cc(C)oc(=O)c2[C@@H]1c1cccc(N([O-])O)c1. The Bertz CT molecular complexity index is 962. The van der Waals surface area contributed by atoms with E-state index in [0.29, 0.717) is 11.3 Å². The fourth-order valence-electron chi connectivity index (χ4n) is 2.88. The maximum atomic E-state index is 12.5. The molecule has 136 valence electrons. The second kappa shape index (κ2) is 6.54. The molecule has 0 unspecified atom stereocenters. The number of nitrogens with two attached hydrogens (primary N) is 1. The fraction of sp³-hybridized carbons (Fsp3) is 0.176. The van der Waals surface area contributed by atoms with E-state index >= 15 is 0 Å². The first-order valence-corrected chi connectivity index (χ1v) is 7.50. The Morgan fingerprint density at radius 1 is 1.38 bits per heavy atom. The van der Waals surface area contributed by atoms with Crippen LogP contribution in [-0.2, 0) is 9.53 Å². The Labute approximate surface area is 147 Å². The highest BCUT2D eigenvalue weighted by molar-refractivity contribution is 5.92. The lowest BCUT2D eigenvalue weighted by molar-refractivity contribution is -0.136. The van der Waals surface area contributed by atoms with Crippen LogP contribution < -0.4 is 21.3 Å². The van der Waals surface area contributed by atoms with Crippen molar-refractivity contribution >= 4 is 11.7 Å². The molecule has 9 nitrogen and oxygen atoms in total. The Balaban J connectivity index is 2.30. The third kappa shape index (κ3) is 2.89. The molecule has 26 heavy (non-hydrogen) atoms. The van der Waals surface area contributed by atoms with Crippen molar-refractivity contribution in [1.82, 2.24) is 0 Å². The maximum Gasteiger partial charge on any atom is 0.343 e. The molecule has 1 aromatic heterocycles. The van der Waals surface area contributed by atoms with Crippen molar-refractivity contribution in [2.24, 2.45) is 5.73 Å². The van der Waals surface area contributed by atoms with Crippen molar-refractivity contribution in [2.75, 3.05) is 12.3 Å². The van der Waals surface area contributed by atoms with Crippen molar-refractivity contribution in [3.05, 3.63) is 74.3 Å². The van der Waals surface area contributed by atoms with Gasteiger partial charge in [-0.2, -0.15) is 0 Å². The summed E-state index contributed by atoms with van der Waals surface area (Å²) in [7, 11) is 1.16. The molecule has 2 aromatic rings. The molecular formula is C17H15N2O7-. The molecule has 1 aromatic carbocycles. The zero-order valence-corrected chi connectivity index (χ0v) is 13.9. The van der Waals surface area contributed by atoms with E-state index in [0.717, 1.165) is 7.11 Å². The predicted octanol–water partition coefficient (Wildman–Crippen LogP) is 1.51. The molecule has 1 atom stereocenters. The maximum absolute atomic E-state index is 12.5. The summed E-state index contributed by atoms with van der Waals surface area (Å²) < 4.78 is 15.3. The quantitative estimate of drug-likeness (QED) is 0.616. The number of aryl methyl sites for hydroxylation is 1. The van der Waals surface area contributed by atoms with Gasteiger partial charge in [-0.25, -0.2) is 9.59 Å². The van der Waals surface area contributed by atoms with Gasteiger partial charge >= 0.3 is 11.6 Å². The fourth-order valence-corrected chi connectivity index (χ4v) is 2.88. The molecule has 2 heterocycles. The van der Waals surface area contributed by atoms with Crippen LogP contribution in [0.25, 0.3) is 0 Å². The predicted molar refractivity (Wildman–Crippen MR) is 89.5 cm³/mol. The number of esters is 1. The molecule has 0 saturated carbocycles. The molecule has 1 aliphatic heterocycles. The lowest BCUT2D eigenvalue weighted by atomic mass is 9.83. The number of ether oxygens (including phenoxy) is 2. The number of rotatable bonds is 3. The highest BCUT2D eigenvalue weighted by atomic mass is 16.8. The summed E-state index contributed by atoms with van der Waals surface area (Å²) in [5, 5.41) is 20.0. The van der Waals surface area contributed by atoms with Crippen LogP contribution in [0.3, 0.4) is 0 Å². The molecule has 0 fully saturated rings. The third-order valence-electron chi connectivity index (χ3n) is 3.97. The number of methoxy groups -OCH3 is 1. The van der Waals surface area contributed by atoms with Crippen LogP contribution in [0.2, 0.25) is 0 Å². The van der Waals surface area contributed by atoms with Crippen molar-refractivity contribution in [3.63, 3.8) is 0 Å². The summed E-state index contributed by atoms with van der Waals surface area (Å²) in [5.74, 6) is -1.58. The lowest BCUT2D eigenvalue weighted by Crippen LogP contribution is -2.30. The minimum Gasteiger partial charge on any atom is -0.733 e. The number of nitrogens with zero attached hydrogens (tertiary/aromatic N) is 1. The van der Waals surface area contributed by atoms with Gasteiger partial charge < -0.3 is 30.1 Å². The van der Waals surface area contributed by atoms with Crippen molar-refractivity contribution in [1.29, 1.82) is 0 Å². The summed E-state index contributed by atoms with van der Waals surface area (Å²) in [5.41, 5.74) is 5.38. The molecule has 0 aliphatic carbocycles. The van der Waals surface area contributed by atoms with Crippen molar-refractivity contribution in [2.45, 2.75) is 12.8 Å². The smallest absolute Gasteiger partial charge is 0.343 e. The Hall–Kier alpha value is -3.30. The second-order valence-corrected chi connectivity index (χ2v) is 5.59. The van der Waals surface area contributed by atoms with Gasteiger partial charge in [-0.05, 0) is 24.6 Å². The number of benzene rings is 1. The highest BCUT2D eigenvalue weighted by Gasteiger charge is 2.38. The lowest BCUT2D eigenvalue weighted by Gasteiger charge is -2.28. The number of hydrogen-bond donors (Lipinski definition) is 2. The van der Waals surface area contributed by atoms with Gasteiger partial charge in [0.25, 0.3) is 0 Å². The number of anilines is 1. The second-order valence-electron chi connectivity index (χ2n) is 5.59. The first-order valence-electron chi connectivity index (χ1n) is 7.50. The first kappa shape index (κ1) is 17.5. The average Bonchev–Trinajstić information content (AvgIpc) is 2.59. The molecule has 0 spiro atoms. The average molecular weight is 359 g/mol. The zero-order valence-electron chi connectivity index (χ0n) is 13.9. The van der Waals surface area contributed by atoms with Crippen molar-refractivity contribution < 1.29 is 23.9 Å². The van der Waals surface area contributed by atoms with E-state index in [4.69, 9.17) is 24.8 Å². The zero-order chi connectivity index (χ0) is 19.0. The Morgan fingerprint density at radius 3 is 2.77 bits per heavy atom. The van der Waals surface area contributed by atoms with Crippen LogP contribution in [0.15, 0.2) is 51.0 Å². The topological polar surface area (TPSA) is 138 Å². The summed E-state index contributed by atoms with van der Waals surface area (Å²) in [6.45, 7) is 1.57. The third-order valence-corrected chi connectivity index (χ3v) is 3.97. The molecule has 1 aliphatic rings. The van der Waals surface area contributed by atoms with E-state index in [1.165, 1.54) is 24.3 Å². The molecule has 0 bridgehead atoms. The van der Waals surface area contributed by atoms with Gasteiger partial charge in [-0.3, -0.25) is 5.21 Å². The Kier molecular flexibility index (Phi) is 4.41. The van der Waals surface area contributed by atoms with E-state index in [1.54, 1.807) is 13.0 Å². The van der Waals surface area contributed by atoms with Crippen LogP contribution >= 0.6 is 0 Å². The summed E-state index contributed by atoms with van der Waals surface area (Å²) >= 11 is 0. The van der Waals surface area contributed by atoms with Gasteiger partial charge in [0.15, 0.2) is 0 Å². The summed E-state index contributed by atoms with van der Waals surface area (Å²) in [6.07, 6.45) is 0. The normalized spacial score (nSPS) is 15.9. The molecule has 0 amide bonds.